The van der Waals surface area contributed by atoms with E-state index in [2.05, 4.69) is 231 Å². The molecule has 0 amide bonds. The van der Waals surface area contributed by atoms with Crippen LogP contribution < -0.4 is 4.90 Å². The molecule has 0 spiro atoms. The van der Waals surface area contributed by atoms with Gasteiger partial charge in [0, 0.05) is 22.5 Å². The van der Waals surface area contributed by atoms with Gasteiger partial charge in [-0.15, -0.1) is 0 Å². The predicted octanol–water partition coefficient (Wildman–Crippen LogP) is 16.6. The number of para-hydroxylation sites is 2. The Morgan fingerprint density at radius 2 is 0.650 bits per heavy atom. The van der Waals surface area contributed by atoms with Crippen molar-refractivity contribution in [2.24, 2.45) is 0 Å². The maximum Gasteiger partial charge on any atom is 0.0462 e. The van der Waals surface area contributed by atoms with Crippen LogP contribution in [0.2, 0.25) is 0 Å². The zero-order valence-electron chi connectivity index (χ0n) is 33.7. The smallest absolute Gasteiger partial charge is 0.0462 e. The van der Waals surface area contributed by atoms with Gasteiger partial charge in [0.15, 0.2) is 0 Å². The summed E-state index contributed by atoms with van der Waals surface area (Å²) in [6.07, 6.45) is 0. The van der Waals surface area contributed by atoms with Gasteiger partial charge in [0.2, 0.25) is 0 Å². The highest BCUT2D eigenvalue weighted by Crippen LogP contribution is 2.53. The molecule has 12 rings (SSSR count). The molecule has 0 saturated heterocycles. The summed E-state index contributed by atoms with van der Waals surface area (Å²) in [7, 11) is 0. The Hall–Kier alpha value is -7.48. The van der Waals surface area contributed by atoms with Crippen molar-refractivity contribution in [1.82, 2.24) is 0 Å². The molecular weight excluding hydrogens is 723 g/mol. The molecular formula is C59H41N. The number of hydrogen-bond acceptors (Lipinski definition) is 1. The van der Waals surface area contributed by atoms with Crippen LogP contribution in [-0.4, -0.2) is 0 Å². The van der Waals surface area contributed by atoms with Gasteiger partial charge >= 0.3 is 0 Å². The molecule has 0 fully saturated rings. The SMILES string of the molecule is CC1(C)c2cc(-c3c4ccccc4c(-c4ccc(N(c5ccccc5)c5ccccc5)cc4)c4ccccc34)ccc2-c2cc3c4ccccc4c4ccccc4c3cc21. The average Bonchev–Trinajstić information content (AvgIpc) is 3.53. The Labute approximate surface area is 350 Å². The van der Waals surface area contributed by atoms with Crippen LogP contribution in [0.3, 0.4) is 0 Å². The lowest BCUT2D eigenvalue weighted by Gasteiger charge is -2.26. The zero-order chi connectivity index (χ0) is 40.0. The fraction of sp³-hybridized carbons (Fsp3) is 0.0508. The van der Waals surface area contributed by atoms with E-state index >= 15 is 0 Å². The van der Waals surface area contributed by atoms with E-state index in [1.54, 1.807) is 0 Å². The van der Waals surface area contributed by atoms with Crippen LogP contribution in [-0.2, 0) is 5.41 Å². The van der Waals surface area contributed by atoms with Crippen LogP contribution in [0.15, 0.2) is 212 Å². The first kappa shape index (κ1) is 34.6. The Morgan fingerprint density at radius 3 is 1.15 bits per heavy atom. The fourth-order valence-corrected chi connectivity index (χ4v) is 10.4. The normalized spacial score (nSPS) is 13.0. The maximum atomic E-state index is 2.50. The minimum atomic E-state index is -0.178. The molecule has 1 aliphatic carbocycles. The van der Waals surface area contributed by atoms with Gasteiger partial charge in [-0.3, -0.25) is 0 Å². The summed E-state index contributed by atoms with van der Waals surface area (Å²) >= 11 is 0. The van der Waals surface area contributed by atoms with Gasteiger partial charge in [0.25, 0.3) is 0 Å². The van der Waals surface area contributed by atoms with Gasteiger partial charge in [0.1, 0.15) is 0 Å². The average molecular weight is 764 g/mol. The largest absolute Gasteiger partial charge is 0.311 e. The highest BCUT2D eigenvalue weighted by Gasteiger charge is 2.36. The second-order valence-electron chi connectivity index (χ2n) is 16.8. The van der Waals surface area contributed by atoms with E-state index < -0.39 is 0 Å². The molecule has 0 bridgehead atoms. The van der Waals surface area contributed by atoms with E-state index in [1.165, 1.54) is 98.4 Å². The Bertz CT molecular complexity index is 3390. The van der Waals surface area contributed by atoms with Gasteiger partial charge in [0.05, 0.1) is 0 Å². The highest BCUT2D eigenvalue weighted by atomic mass is 15.1. The van der Waals surface area contributed by atoms with Crippen LogP contribution in [0.1, 0.15) is 25.0 Å². The summed E-state index contributed by atoms with van der Waals surface area (Å²) in [5, 5.41) is 13.0. The van der Waals surface area contributed by atoms with Crippen LogP contribution in [0, 0.1) is 0 Å². The molecule has 1 nitrogen and oxygen atoms in total. The van der Waals surface area contributed by atoms with Crippen molar-refractivity contribution in [2.75, 3.05) is 4.90 Å². The Balaban J connectivity index is 1.02. The van der Waals surface area contributed by atoms with E-state index in [-0.39, 0.29) is 5.41 Å². The standard InChI is InChI=1S/C59H41N/c1-59(2)55-35-39(31-34-47(55)54-36-52-45-23-11-9-21-43(45)44-22-10-12-24-46(44)53(52)37-56(54)59)58-50-27-15-13-25-48(50)57(49-26-14-16-28-51(49)58)38-29-32-42(33-30-38)60(40-17-5-3-6-18-40)41-19-7-4-8-20-41/h3-37H,1-2H3. The summed E-state index contributed by atoms with van der Waals surface area (Å²) in [4.78, 5) is 2.32. The van der Waals surface area contributed by atoms with Crippen molar-refractivity contribution in [3.05, 3.63) is 223 Å². The molecule has 1 heteroatoms. The summed E-state index contributed by atoms with van der Waals surface area (Å²) in [6.45, 7) is 4.83. The van der Waals surface area contributed by atoms with Crippen LogP contribution in [0.4, 0.5) is 17.1 Å². The quantitative estimate of drug-likeness (QED) is 0.125. The second-order valence-corrected chi connectivity index (χ2v) is 16.8. The van der Waals surface area contributed by atoms with Crippen LogP contribution in [0.25, 0.3) is 87.2 Å². The molecule has 0 heterocycles. The van der Waals surface area contributed by atoms with E-state index in [9.17, 15) is 0 Å². The first-order valence-electron chi connectivity index (χ1n) is 21.0. The molecule has 0 unspecified atom stereocenters. The molecule has 60 heavy (non-hydrogen) atoms. The molecule has 11 aromatic rings. The second kappa shape index (κ2) is 13.3. The number of nitrogens with zero attached hydrogens (tertiary/aromatic N) is 1. The Morgan fingerprint density at radius 1 is 0.283 bits per heavy atom. The van der Waals surface area contributed by atoms with Gasteiger partial charge in [-0.05, 0) is 153 Å². The third-order valence-electron chi connectivity index (χ3n) is 13.2. The molecule has 282 valence electrons. The molecule has 0 N–H and O–H groups in total. The topological polar surface area (TPSA) is 3.24 Å². The lowest BCUT2D eigenvalue weighted by Crippen LogP contribution is -2.15. The van der Waals surface area contributed by atoms with Crippen molar-refractivity contribution >= 4 is 70.9 Å². The van der Waals surface area contributed by atoms with Crippen molar-refractivity contribution in [2.45, 2.75) is 19.3 Å². The minimum Gasteiger partial charge on any atom is -0.311 e. The van der Waals surface area contributed by atoms with E-state index in [4.69, 9.17) is 0 Å². The van der Waals surface area contributed by atoms with Crippen LogP contribution in [0.5, 0.6) is 0 Å². The molecule has 0 radical (unpaired) electrons. The summed E-state index contributed by atoms with van der Waals surface area (Å²) in [6, 6.07) is 78.4. The van der Waals surface area contributed by atoms with Gasteiger partial charge in [-0.25, -0.2) is 0 Å². The highest BCUT2D eigenvalue weighted by molar-refractivity contribution is 6.26. The van der Waals surface area contributed by atoms with Crippen molar-refractivity contribution in [1.29, 1.82) is 0 Å². The lowest BCUT2D eigenvalue weighted by molar-refractivity contribution is 0.661. The molecule has 0 aromatic heterocycles. The lowest BCUT2D eigenvalue weighted by atomic mass is 9.79. The molecule has 0 aliphatic heterocycles. The molecule has 0 saturated carbocycles. The number of benzene rings is 11. The van der Waals surface area contributed by atoms with E-state index in [1.807, 2.05) is 0 Å². The number of hydrogen-bond donors (Lipinski definition) is 0. The number of anilines is 3. The molecule has 11 aromatic carbocycles. The number of fused-ring (bicyclic) bond motifs is 11. The third-order valence-corrected chi connectivity index (χ3v) is 13.2. The monoisotopic (exact) mass is 763 g/mol. The minimum absolute atomic E-state index is 0.178. The summed E-state index contributed by atoms with van der Waals surface area (Å²) in [5.41, 5.74) is 13.7. The summed E-state index contributed by atoms with van der Waals surface area (Å²) in [5.74, 6) is 0. The van der Waals surface area contributed by atoms with Crippen LogP contribution >= 0.6 is 0 Å². The Kier molecular flexibility index (Phi) is 7.65. The molecule has 0 atom stereocenters. The van der Waals surface area contributed by atoms with Gasteiger partial charge < -0.3 is 4.90 Å². The fourth-order valence-electron chi connectivity index (χ4n) is 10.4. The third kappa shape index (κ3) is 5.12. The van der Waals surface area contributed by atoms with Crippen molar-refractivity contribution < 1.29 is 0 Å². The summed E-state index contributed by atoms with van der Waals surface area (Å²) < 4.78 is 0. The van der Waals surface area contributed by atoms with E-state index in [0.29, 0.717) is 0 Å². The number of rotatable bonds is 5. The van der Waals surface area contributed by atoms with E-state index in [0.717, 1.165) is 17.1 Å². The van der Waals surface area contributed by atoms with Gasteiger partial charge in [-0.2, -0.15) is 0 Å². The van der Waals surface area contributed by atoms with Gasteiger partial charge in [-0.1, -0.05) is 172 Å². The van der Waals surface area contributed by atoms with Crippen molar-refractivity contribution in [3.8, 4) is 33.4 Å². The maximum absolute atomic E-state index is 2.50. The first-order valence-corrected chi connectivity index (χ1v) is 21.0. The predicted molar refractivity (Wildman–Crippen MR) is 257 cm³/mol. The molecule has 1 aliphatic rings. The first-order chi connectivity index (χ1) is 29.5. The van der Waals surface area contributed by atoms with Crippen molar-refractivity contribution in [3.63, 3.8) is 0 Å². The zero-order valence-corrected chi connectivity index (χ0v) is 33.7.